The second-order valence-corrected chi connectivity index (χ2v) is 6.10. The second kappa shape index (κ2) is 13.4. The fourth-order valence-electron chi connectivity index (χ4n) is 2.43. The lowest BCUT2D eigenvalue weighted by Crippen LogP contribution is -3.14. The lowest BCUT2D eigenvalue weighted by molar-refractivity contribution is -0.891. The molecule has 0 aromatic carbocycles. The molecule has 0 saturated carbocycles. The summed E-state index contributed by atoms with van der Waals surface area (Å²) < 4.78 is 0. The molecule has 0 heterocycles. The Hall–Kier alpha value is -2.77. The van der Waals surface area contributed by atoms with E-state index in [9.17, 15) is 24.0 Å². The van der Waals surface area contributed by atoms with Gasteiger partial charge in [0.2, 0.25) is 5.91 Å². The standard InChI is InChI=1S/C15H26N4O9/c1-16-11(20)6-18(8-13(23)24)4-2-17(7-12(21)22)3-5-19(9-14(25)26)10-15(27)28/h2-10H2,1H3,(H,16,20)(H,21,22)(H,23,24)(H,25,26)(H,27,28)/p+1. The van der Waals surface area contributed by atoms with Crippen molar-refractivity contribution >= 4 is 29.8 Å². The van der Waals surface area contributed by atoms with E-state index in [0.29, 0.717) is 4.90 Å². The van der Waals surface area contributed by atoms with Crippen LogP contribution in [0, 0.1) is 0 Å². The molecule has 13 heteroatoms. The van der Waals surface area contributed by atoms with Crippen molar-refractivity contribution in [1.82, 2.24) is 15.1 Å². The third-order valence-electron chi connectivity index (χ3n) is 3.69. The zero-order valence-electron chi connectivity index (χ0n) is 15.6. The maximum atomic E-state index is 11.5. The van der Waals surface area contributed by atoms with Crippen molar-refractivity contribution in [3.8, 4) is 0 Å². The van der Waals surface area contributed by atoms with E-state index in [0.717, 1.165) is 4.90 Å². The second-order valence-electron chi connectivity index (χ2n) is 6.10. The van der Waals surface area contributed by atoms with Crippen molar-refractivity contribution in [2.75, 3.05) is 66.0 Å². The van der Waals surface area contributed by atoms with E-state index in [1.807, 2.05) is 0 Å². The average molecular weight is 407 g/mol. The van der Waals surface area contributed by atoms with Crippen molar-refractivity contribution in [1.29, 1.82) is 0 Å². The van der Waals surface area contributed by atoms with Gasteiger partial charge in [-0.15, -0.1) is 0 Å². The summed E-state index contributed by atoms with van der Waals surface area (Å²) in [5.41, 5.74) is 0. The van der Waals surface area contributed by atoms with Crippen LogP contribution >= 0.6 is 0 Å². The minimum absolute atomic E-state index is 0.0234. The van der Waals surface area contributed by atoms with Gasteiger partial charge in [0, 0.05) is 20.1 Å². The summed E-state index contributed by atoms with van der Waals surface area (Å²) >= 11 is 0. The highest BCUT2D eigenvalue weighted by molar-refractivity contribution is 5.78. The van der Waals surface area contributed by atoms with Crippen LogP contribution in [0.3, 0.4) is 0 Å². The van der Waals surface area contributed by atoms with Gasteiger partial charge in [-0.05, 0) is 0 Å². The molecule has 1 unspecified atom stereocenters. The summed E-state index contributed by atoms with van der Waals surface area (Å²) in [5.74, 6) is -5.07. The molecule has 13 nitrogen and oxygen atoms in total. The highest BCUT2D eigenvalue weighted by Gasteiger charge is 2.21. The van der Waals surface area contributed by atoms with Gasteiger partial charge >= 0.3 is 23.9 Å². The molecule has 0 aliphatic carbocycles. The zero-order chi connectivity index (χ0) is 21.7. The molecular weight excluding hydrogens is 380 g/mol. The number of carboxylic acids is 4. The summed E-state index contributed by atoms with van der Waals surface area (Å²) in [7, 11) is 1.41. The number of hydrogen-bond acceptors (Lipinski definition) is 7. The van der Waals surface area contributed by atoms with Crippen LogP contribution in [0.5, 0.6) is 0 Å². The number of carbonyl (C=O) groups excluding carboxylic acids is 1. The number of likely N-dealkylation sites (N-methyl/N-ethyl adjacent to an activating group) is 1. The Morgan fingerprint density at radius 3 is 1.43 bits per heavy atom. The zero-order valence-corrected chi connectivity index (χ0v) is 15.6. The van der Waals surface area contributed by atoms with E-state index < -0.39 is 49.4 Å². The van der Waals surface area contributed by atoms with Gasteiger partial charge in [0.25, 0.3) is 0 Å². The Kier molecular flexibility index (Phi) is 12.1. The first-order valence-corrected chi connectivity index (χ1v) is 8.39. The molecule has 6 N–H and O–H groups in total. The first-order valence-electron chi connectivity index (χ1n) is 8.39. The van der Waals surface area contributed by atoms with Crippen molar-refractivity contribution < 1.29 is 49.3 Å². The van der Waals surface area contributed by atoms with E-state index in [1.54, 1.807) is 0 Å². The number of nitrogens with zero attached hydrogens (tertiary/aromatic N) is 2. The molecule has 28 heavy (non-hydrogen) atoms. The summed E-state index contributed by atoms with van der Waals surface area (Å²) in [6, 6.07) is 0. The van der Waals surface area contributed by atoms with Gasteiger partial charge in [-0.1, -0.05) is 0 Å². The Balaban J connectivity index is 4.90. The van der Waals surface area contributed by atoms with Crippen LogP contribution in [0.1, 0.15) is 0 Å². The molecule has 0 bridgehead atoms. The lowest BCUT2D eigenvalue weighted by Gasteiger charge is -2.25. The quantitative estimate of drug-likeness (QED) is 0.145. The highest BCUT2D eigenvalue weighted by atomic mass is 16.4. The fourth-order valence-corrected chi connectivity index (χ4v) is 2.43. The molecule has 0 spiro atoms. The van der Waals surface area contributed by atoms with Gasteiger partial charge in [0.05, 0.1) is 39.3 Å². The number of hydrogen-bond donors (Lipinski definition) is 6. The molecule has 160 valence electrons. The Morgan fingerprint density at radius 1 is 0.714 bits per heavy atom. The Bertz CT molecular complexity index is 554. The molecule has 0 aromatic heterocycles. The van der Waals surface area contributed by atoms with Crippen molar-refractivity contribution in [2.24, 2.45) is 0 Å². The molecule has 0 aliphatic rings. The van der Waals surface area contributed by atoms with E-state index in [-0.39, 0.29) is 39.3 Å². The number of carbonyl (C=O) groups is 5. The minimum atomic E-state index is -1.21. The first kappa shape index (κ1) is 25.2. The van der Waals surface area contributed by atoms with Crippen LogP contribution in [0.2, 0.25) is 0 Å². The van der Waals surface area contributed by atoms with E-state index >= 15 is 0 Å². The topological polar surface area (TPSA) is 189 Å². The Morgan fingerprint density at radius 2 is 1.11 bits per heavy atom. The third-order valence-corrected chi connectivity index (χ3v) is 3.69. The SMILES string of the molecule is CNC(=O)CN(CC[NH+](CCN(CC(=O)O)CC(=O)O)CC(=O)O)CC(=O)O. The average Bonchev–Trinajstić information content (AvgIpc) is 2.54. The molecule has 1 atom stereocenters. The number of aliphatic carboxylic acids is 4. The van der Waals surface area contributed by atoms with E-state index in [1.165, 1.54) is 11.9 Å². The molecule has 0 saturated heterocycles. The molecular formula is C15H27N4O9+. The summed E-state index contributed by atoms with van der Waals surface area (Å²) in [6.07, 6.45) is 0. The number of carboxylic acid groups (broad SMARTS) is 4. The molecule has 0 rings (SSSR count). The van der Waals surface area contributed by atoms with Crippen molar-refractivity contribution in [3.63, 3.8) is 0 Å². The van der Waals surface area contributed by atoms with Gasteiger partial charge < -0.3 is 30.6 Å². The van der Waals surface area contributed by atoms with Crippen LogP contribution < -0.4 is 10.2 Å². The summed E-state index contributed by atoms with van der Waals surface area (Å²) in [4.78, 5) is 58.1. The highest BCUT2D eigenvalue weighted by Crippen LogP contribution is 1.89. The molecule has 0 aliphatic heterocycles. The van der Waals surface area contributed by atoms with Gasteiger partial charge in [0.15, 0.2) is 6.54 Å². The first-order chi connectivity index (χ1) is 13.0. The Labute approximate surface area is 161 Å². The van der Waals surface area contributed by atoms with Gasteiger partial charge in [-0.25, -0.2) is 4.79 Å². The van der Waals surface area contributed by atoms with Gasteiger partial charge in [-0.2, -0.15) is 0 Å². The lowest BCUT2D eigenvalue weighted by atomic mass is 10.3. The normalized spacial score (nSPS) is 12.0. The predicted molar refractivity (Wildman–Crippen MR) is 93.1 cm³/mol. The summed E-state index contributed by atoms with van der Waals surface area (Å²) in [5, 5.41) is 38.0. The smallest absolute Gasteiger partial charge is 0.359 e. The van der Waals surface area contributed by atoms with Crippen LogP contribution in [0.15, 0.2) is 0 Å². The molecule has 1 amide bonds. The van der Waals surface area contributed by atoms with Crippen LogP contribution in [-0.2, 0) is 24.0 Å². The van der Waals surface area contributed by atoms with Crippen LogP contribution in [-0.4, -0.2) is 126 Å². The fraction of sp³-hybridized carbons (Fsp3) is 0.667. The van der Waals surface area contributed by atoms with Gasteiger partial charge in [0.1, 0.15) is 0 Å². The third kappa shape index (κ3) is 13.4. The molecule has 0 radical (unpaired) electrons. The van der Waals surface area contributed by atoms with E-state index in [2.05, 4.69) is 5.32 Å². The van der Waals surface area contributed by atoms with Crippen molar-refractivity contribution in [2.45, 2.75) is 0 Å². The minimum Gasteiger partial charge on any atom is -0.480 e. The monoisotopic (exact) mass is 407 g/mol. The maximum absolute atomic E-state index is 11.5. The van der Waals surface area contributed by atoms with Gasteiger partial charge in [-0.3, -0.25) is 29.0 Å². The number of nitrogens with one attached hydrogen (secondary N) is 2. The number of rotatable bonds is 16. The number of quaternary nitrogens is 1. The van der Waals surface area contributed by atoms with Crippen molar-refractivity contribution in [3.05, 3.63) is 0 Å². The van der Waals surface area contributed by atoms with Crippen LogP contribution in [0.25, 0.3) is 0 Å². The van der Waals surface area contributed by atoms with E-state index in [4.69, 9.17) is 20.4 Å². The largest absolute Gasteiger partial charge is 0.480 e. The summed E-state index contributed by atoms with van der Waals surface area (Å²) in [6.45, 7) is -1.48. The predicted octanol–water partition coefficient (Wildman–Crippen LogP) is -4.44. The van der Waals surface area contributed by atoms with Crippen LogP contribution in [0.4, 0.5) is 0 Å². The molecule has 0 aromatic rings. The maximum Gasteiger partial charge on any atom is 0.359 e. The number of amides is 1. The molecule has 0 fully saturated rings.